The molecule has 1 amide bonds. The van der Waals surface area contributed by atoms with Gasteiger partial charge in [0.1, 0.15) is 5.01 Å². The van der Waals surface area contributed by atoms with E-state index in [1.165, 1.54) is 11.3 Å². The van der Waals surface area contributed by atoms with Crippen molar-refractivity contribution < 1.29 is 14.7 Å². The van der Waals surface area contributed by atoms with Crippen molar-refractivity contribution >= 4 is 23.0 Å². The first-order chi connectivity index (χ1) is 17.3. The van der Waals surface area contributed by atoms with Crippen LogP contribution in [0.25, 0.3) is 10.6 Å². The molecule has 5 rings (SSSR count). The number of hydrogen-bond acceptors (Lipinski definition) is 6. The second-order valence-corrected chi connectivity index (χ2v) is 9.94. The number of pyridine rings is 1. The SMILES string of the molecule is Cc1ccc(C)c(CN2C(=O)C(O)=C(C(=O)c3sc(-c4ccccc4)nc3C)C2c2ccncc2)c1. The Bertz CT molecular complexity index is 1490. The van der Waals surface area contributed by atoms with Crippen LogP contribution in [0.15, 0.2) is 84.4 Å². The Morgan fingerprint density at radius 2 is 1.75 bits per heavy atom. The van der Waals surface area contributed by atoms with Gasteiger partial charge in [0.15, 0.2) is 5.76 Å². The zero-order valence-electron chi connectivity index (χ0n) is 20.2. The predicted molar refractivity (Wildman–Crippen MR) is 140 cm³/mol. The predicted octanol–water partition coefficient (Wildman–Crippen LogP) is 5.91. The molecule has 6 nitrogen and oxygen atoms in total. The largest absolute Gasteiger partial charge is 0.503 e. The van der Waals surface area contributed by atoms with Crippen molar-refractivity contribution in [1.82, 2.24) is 14.9 Å². The molecule has 36 heavy (non-hydrogen) atoms. The van der Waals surface area contributed by atoms with Crippen LogP contribution < -0.4 is 0 Å². The number of carbonyl (C=O) groups excluding carboxylic acids is 2. The zero-order chi connectivity index (χ0) is 25.4. The van der Waals surface area contributed by atoms with Gasteiger partial charge < -0.3 is 10.0 Å². The minimum Gasteiger partial charge on any atom is -0.503 e. The highest BCUT2D eigenvalue weighted by Gasteiger charge is 2.44. The third-order valence-corrected chi connectivity index (χ3v) is 7.64. The summed E-state index contributed by atoms with van der Waals surface area (Å²) in [5.74, 6) is -1.46. The van der Waals surface area contributed by atoms with Crippen molar-refractivity contribution in [2.45, 2.75) is 33.4 Å². The minimum atomic E-state index is -0.741. The molecule has 0 radical (unpaired) electrons. The normalized spacial score (nSPS) is 15.6. The Morgan fingerprint density at radius 1 is 1.03 bits per heavy atom. The number of thiazole rings is 1. The number of nitrogens with zero attached hydrogens (tertiary/aromatic N) is 3. The summed E-state index contributed by atoms with van der Waals surface area (Å²) in [6, 6.07) is 18.5. The minimum absolute atomic E-state index is 0.0721. The van der Waals surface area contributed by atoms with E-state index in [0.717, 1.165) is 22.3 Å². The van der Waals surface area contributed by atoms with E-state index in [2.05, 4.69) is 9.97 Å². The van der Waals surface area contributed by atoms with Gasteiger partial charge in [-0.15, -0.1) is 11.3 Å². The lowest BCUT2D eigenvalue weighted by Gasteiger charge is -2.27. The molecular formula is C29H25N3O3S. The van der Waals surface area contributed by atoms with Crippen molar-refractivity contribution in [2.75, 3.05) is 0 Å². The number of ketones is 1. The third kappa shape index (κ3) is 4.22. The highest BCUT2D eigenvalue weighted by Crippen LogP contribution is 2.41. The lowest BCUT2D eigenvalue weighted by Crippen LogP contribution is -2.31. The number of aliphatic hydroxyl groups excluding tert-OH is 1. The molecule has 2 aromatic heterocycles. The molecule has 0 spiro atoms. The first-order valence-electron chi connectivity index (χ1n) is 11.6. The quantitative estimate of drug-likeness (QED) is 0.336. The van der Waals surface area contributed by atoms with Crippen LogP contribution in [-0.2, 0) is 11.3 Å². The first-order valence-corrected chi connectivity index (χ1v) is 12.4. The van der Waals surface area contributed by atoms with Crippen molar-refractivity contribution in [2.24, 2.45) is 0 Å². The molecule has 1 aliphatic heterocycles. The molecule has 1 N–H and O–H groups in total. The lowest BCUT2D eigenvalue weighted by molar-refractivity contribution is -0.130. The summed E-state index contributed by atoms with van der Waals surface area (Å²) in [7, 11) is 0. The van der Waals surface area contributed by atoms with E-state index < -0.39 is 17.7 Å². The van der Waals surface area contributed by atoms with Crippen LogP contribution in [0.1, 0.15) is 43.7 Å². The number of Topliss-reactive ketones (excluding diaryl/α,β-unsaturated/α-hetero) is 1. The van der Waals surface area contributed by atoms with Gasteiger partial charge in [0.2, 0.25) is 5.78 Å². The smallest absolute Gasteiger partial charge is 0.290 e. The summed E-state index contributed by atoms with van der Waals surface area (Å²) in [5.41, 5.74) is 5.33. The molecule has 0 saturated carbocycles. The maximum Gasteiger partial charge on any atom is 0.290 e. The molecule has 180 valence electrons. The number of aromatic nitrogens is 2. The van der Waals surface area contributed by atoms with Gasteiger partial charge >= 0.3 is 0 Å². The summed E-state index contributed by atoms with van der Waals surface area (Å²) in [6.07, 6.45) is 3.25. The number of aliphatic hydroxyl groups is 1. The molecule has 1 unspecified atom stereocenters. The molecule has 4 aromatic rings. The van der Waals surface area contributed by atoms with Crippen LogP contribution in [-0.4, -0.2) is 31.7 Å². The van der Waals surface area contributed by atoms with E-state index in [-0.39, 0.29) is 17.9 Å². The molecule has 1 atom stereocenters. The van der Waals surface area contributed by atoms with Crippen molar-refractivity contribution in [1.29, 1.82) is 0 Å². The van der Waals surface area contributed by atoms with Crippen LogP contribution in [0.2, 0.25) is 0 Å². The van der Waals surface area contributed by atoms with Gasteiger partial charge in [0, 0.05) is 24.5 Å². The number of aryl methyl sites for hydroxylation is 3. The summed E-state index contributed by atoms with van der Waals surface area (Å²) >= 11 is 1.27. The summed E-state index contributed by atoms with van der Waals surface area (Å²) in [4.78, 5) is 38.0. The molecule has 1 aliphatic rings. The molecule has 2 aromatic carbocycles. The van der Waals surface area contributed by atoms with Crippen LogP contribution >= 0.6 is 11.3 Å². The molecule has 7 heteroatoms. The standard InChI is InChI=1S/C29H25N3O3S/c1-17-9-10-18(2)22(15-17)16-32-24(20-11-13-30-14-12-20)23(26(34)29(32)35)25(33)27-19(3)31-28(36-27)21-7-5-4-6-8-21/h4-15,24,34H,16H2,1-3H3. The molecule has 0 bridgehead atoms. The second-order valence-electron chi connectivity index (χ2n) is 8.94. The monoisotopic (exact) mass is 495 g/mol. The fraction of sp³-hybridized carbons (Fsp3) is 0.172. The van der Waals surface area contributed by atoms with Crippen LogP contribution in [0.3, 0.4) is 0 Å². The maximum atomic E-state index is 13.9. The first kappa shape index (κ1) is 23.6. The Kier molecular flexibility index (Phi) is 6.24. The van der Waals surface area contributed by atoms with Crippen LogP contribution in [0.5, 0.6) is 0 Å². The zero-order valence-corrected chi connectivity index (χ0v) is 21.0. The van der Waals surface area contributed by atoms with Crippen LogP contribution in [0, 0.1) is 20.8 Å². The summed E-state index contributed by atoms with van der Waals surface area (Å²) < 4.78 is 0. The van der Waals surface area contributed by atoms with E-state index in [1.807, 2.05) is 62.4 Å². The second kappa shape index (κ2) is 9.51. The van der Waals surface area contributed by atoms with Gasteiger partial charge in [-0.3, -0.25) is 14.6 Å². The topological polar surface area (TPSA) is 83.4 Å². The third-order valence-electron chi connectivity index (χ3n) is 6.44. The van der Waals surface area contributed by atoms with E-state index in [1.54, 1.807) is 36.4 Å². The molecule has 0 fully saturated rings. The van der Waals surface area contributed by atoms with Crippen molar-refractivity contribution in [3.63, 3.8) is 0 Å². The Labute approximate surface area is 213 Å². The molecule has 0 aliphatic carbocycles. The van der Waals surface area contributed by atoms with Gasteiger partial charge in [-0.05, 0) is 49.6 Å². The summed E-state index contributed by atoms with van der Waals surface area (Å²) in [5, 5.41) is 11.8. The van der Waals surface area contributed by atoms with Gasteiger partial charge in [-0.25, -0.2) is 4.98 Å². The van der Waals surface area contributed by atoms with Crippen LogP contribution in [0.4, 0.5) is 0 Å². The Balaban J connectivity index is 1.58. The van der Waals surface area contributed by atoms with Gasteiger partial charge in [-0.1, -0.05) is 54.1 Å². The van der Waals surface area contributed by atoms with Gasteiger partial charge in [0.05, 0.1) is 22.2 Å². The molecule has 3 heterocycles. The van der Waals surface area contributed by atoms with Crippen molar-refractivity contribution in [3.8, 4) is 10.6 Å². The molecular weight excluding hydrogens is 470 g/mol. The fourth-order valence-corrected chi connectivity index (χ4v) is 5.55. The van der Waals surface area contributed by atoms with E-state index in [9.17, 15) is 14.7 Å². The lowest BCUT2D eigenvalue weighted by atomic mass is 9.95. The average Bonchev–Trinajstić information content (AvgIpc) is 3.40. The maximum absolute atomic E-state index is 13.9. The highest BCUT2D eigenvalue weighted by atomic mass is 32.1. The van der Waals surface area contributed by atoms with E-state index >= 15 is 0 Å². The van der Waals surface area contributed by atoms with E-state index in [4.69, 9.17) is 0 Å². The Morgan fingerprint density at radius 3 is 2.47 bits per heavy atom. The number of hydrogen-bond donors (Lipinski definition) is 1. The number of rotatable bonds is 6. The number of amides is 1. The fourth-order valence-electron chi connectivity index (χ4n) is 4.53. The average molecular weight is 496 g/mol. The van der Waals surface area contributed by atoms with Gasteiger partial charge in [-0.2, -0.15) is 0 Å². The highest BCUT2D eigenvalue weighted by molar-refractivity contribution is 7.17. The van der Waals surface area contributed by atoms with E-state index in [0.29, 0.717) is 21.1 Å². The van der Waals surface area contributed by atoms with Crippen molar-refractivity contribution in [3.05, 3.63) is 117 Å². The number of benzene rings is 2. The van der Waals surface area contributed by atoms with Gasteiger partial charge in [0.25, 0.3) is 5.91 Å². The number of carbonyl (C=O) groups is 2. The molecule has 0 saturated heterocycles. The Hall–Kier alpha value is -4.10. The summed E-state index contributed by atoms with van der Waals surface area (Å²) in [6.45, 7) is 6.02.